The third-order valence-electron chi connectivity index (χ3n) is 5.32. The normalized spacial score (nSPS) is 14.4. The molecule has 4 amide bonds. The molecule has 0 saturated carbocycles. The van der Waals surface area contributed by atoms with Gasteiger partial charge >= 0.3 is 0 Å². The summed E-state index contributed by atoms with van der Waals surface area (Å²) >= 11 is 1.28. The number of anilines is 2. The highest BCUT2D eigenvalue weighted by Gasteiger charge is 2.34. The Morgan fingerprint density at radius 1 is 1.12 bits per heavy atom. The molecular weight excluding hydrogens is 444 g/mol. The highest BCUT2D eigenvalue weighted by molar-refractivity contribution is 7.14. The van der Waals surface area contributed by atoms with Crippen molar-refractivity contribution in [3.63, 3.8) is 0 Å². The first-order valence-electron chi connectivity index (χ1n) is 10.3. The molecule has 0 atom stereocenters. The van der Waals surface area contributed by atoms with E-state index < -0.39 is 0 Å². The lowest BCUT2D eigenvalue weighted by atomic mass is 10.1. The van der Waals surface area contributed by atoms with Crippen LogP contribution in [0.15, 0.2) is 47.8 Å². The van der Waals surface area contributed by atoms with E-state index in [1.165, 1.54) is 16.2 Å². The quantitative estimate of drug-likeness (QED) is 0.544. The number of benzene rings is 2. The minimum Gasteiger partial charge on any atom is -0.482 e. The van der Waals surface area contributed by atoms with Crippen molar-refractivity contribution in [1.29, 1.82) is 0 Å². The molecule has 3 heterocycles. The highest BCUT2D eigenvalue weighted by atomic mass is 32.1. The van der Waals surface area contributed by atoms with Crippen LogP contribution in [-0.2, 0) is 9.59 Å². The van der Waals surface area contributed by atoms with Crippen LogP contribution < -0.4 is 15.4 Å². The fourth-order valence-corrected chi connectivity index (χ4v) is 4.46. The van der Waals surface area contributed by atoms with Gasteiger partial charge in [-0.2, -0.15) is 0 Å². The zero-order valence-corrected chi connectivity index (χ0v) is 18.1. The first-order chi connectivity index (χ1) is 16.0. The van der Waals surface area contributed by atoms with E-state index in [1.807, 2.05) is 11.4 Å². The summed E-state index contributed by atoms with van der Waals surface area (Å²) in [5.74, 6) is -0.523. The molecule has 0 bridgehead atoms. The van der Waals surface area contributed by atoms with Gasteiger partial charge in [0.15, 0.2) is 11.7 Å². The van der Waals surface area contributed by atoms with Crippen LogP contribution in [0.1, 0.15) is 33.6 Å². The number of rotatable bonds is 6. The maximum atomic E-state index is 12.4. The number of ether oxygens (including phenoxy) is 1. The number of thiazole rings is 1. The maximum absolute atomic E-state index is 12.4. The molecule has 0 fully saturated rings. The van der Waals surface area contributed by atoms with E-state index in [-0.39, 0.29) is 43.2 Å². The Morgan fingerprint density at radius 2 is 1.88 bits per heavy atom. The Kier molecular flexibility index (Phi) is 5.35. The standard InChI is InChI=1S/C23H18N4O5S/c28-19(6-3-9-27-21(30)14-4-1-2-5-15(14)22(27)31)26-23-25-17(12-33-23)13-7-8-18-16(10-13)24-20(29)11-32-18/h1-2,4-5,7-8,10,12H,3,6,9,11H2,(H,24,29)(H,25,26,28). The molecular formula is C23H18N4O5S. The number of carbonyl (C=O) groups is 4. The average Bonchev–Trinajstić information content (AvgIpc) is 3.37. The highest BCUT2D eigenvalue weighted by Crippen LogP contribution is 2.33. The fraction of sp³-hybridized carbons (Fsp3) is 0.174. The summed E-state index contributed by atoms with van der Waals surface area (Å²) in [5, 5.41) is 7.76. The number of nitrogens with one attached hydrogen (secondary N) is 2. The van der Waals surface area contributed by atoms with E-state index in [0.29, 0.717) is 39.8 Å². The second-order valence-corrected chi connectivity index (χ2v) is 8.40. The van der Waals surface area contributed by atoms with E-state index in [9.17, 15) is 19.2 Å². The zero-order chi connectivity index (χ0) is 22.9. The third kappa shape index (κ3) is 4.08. The Balaban J connectivity index is 1.16. The van der Waals surface area contributed by atoms with Gasteiger partial charge in [-0.1, -0.05) is 12.1 Å². The molecule has 0 saturated heterocycles. The molecule has 2 aliphatic heterocycles. The molecule has 33 heavy (non-hydrogen) atoms. The predicted octanol–water partition coefficient (Wildman–Crippen LogP) is 3.16. The summed E-state index contributed by atoms with van der Waals surface area (Å²) in [4.78, 5) is 54.3. The predicted molar refractivity (Wildman–Crippen MR) is 121 cm³/mol. The van der Waals surface area contributed by atoms with Crippen LogP contribution in [0.2, 0.25) is 0 Å². The van der Waals surface area contributed by atoms with E-state index in [4.69, 9.17) is 4.74 Å². The number of hydrogen-bond donors (Lipinski definition) is 2. The molecule has 0 aliphatic carbocycles. The van der Waals surface area contributed by atoms with E-state index in [1.54, 1.807) is 36.4 Å². The lowest BCUT2D eigenvalue weighted by Gasteiger charge is -2.18. The molecule has 3 aromatic rings. The number of aromatic nitrogens is 1. The number of nitrogens with zero attached hydrogens (tertiary/aromatic N) is 2. The Hall–Kier alpha value is -4.05. The molecule has 2 aliphatic rings. The molecule has 9 nitrogen and oxygen atoms in total. The first kappa shape index (κ1) is 20.8. The topological polar surface area (TPSA) is 118 Å². The van der Waals surface area contributed by atoms with E-state index >= 15 is 0 Å². The van der Waals surface area contributed by atoms with Crippen LogP contribution in [0.25, 0.3) is 11.3 Å². The van der Waals surface area contributed by atoms with Crippen LogP contribution >= 0.6 is 11.3 Å². The molecule has 0 unspecified atom stereocenters. The minimum absolute atomic E-state index is 0.00770. The van der Waals surface area contributed by atoms with Gasteiger partial charge in [0, 0.05) is 23.9 Å². The van der Waals surface area contributed by atoms with Crippen LogP contribution in [0.3, 0.4) is 0 Å². The number of hydrogen-bond acceptors (Lipinski definition) is 7. The Labute approximate surface area is 192 Å². The number of imide groups is 1. The lowest BCUT2D eigenvalue weighted by molar-refractivity contribution is -0.118. The van der Waals surface area contributed by atoms with Gasteiger partial charge in [0.1, 0.15) is 5.75 Å². The van der Waals surface area contributed by atoms with Gasteiger partial charge < -0.3 is 15.4 Å². The third-order valence-corrected chi connectivity index (χ3v) is 6.08. The molecule has 2 aromatic carbocycles. The van der Waals surface area contributed by atoms with Gasteiger partial charge in [-0.05, 0) is 36.8 Å². The van der Waals surface area contributed by atoms with Crippen molar-refractivity contribution in [1.82, 2.24) is 9.88 Å². The summed E-state index contributed by atoms with van der Waals surface area (Å²) in [6.45, 7) is 0.165. The van der Waals surface area contributed by atoms with Crippen molar-refractivity contribution >= 4 is 45.8 Å². The van der Waals surface area contributed by atoms with Crippen LogP contribution in [0, 0.1) is 0 Å². The summed E-state index contributed by atoms with van der Waals surface area (Å²) in [5.41, 5.74) is 2.81. The Morgan fingerprint density at radius 3 is 2.64 bits per heavy atom. The summed E-state index contributed by atoms with van der Waals surface area (Å²) in [6, 6.07) is 12.1. The number of carbonyl (C=O) groups excluding carboxylic acids is 4. The summed E-state index contributed by atoms with van der Waals surface area (Å²) < 4.78 is 5.36. The number of fused-ring (bicyclic) bond motifs is 2. The average molecular weight is 462 g/mol. The second kappa shape index (κ2) is 8.47. The van der Waals surface area contributed by atoms with Gasteiger partial charge in [0.2, 0.25) is 5.91 Å². The van der Waals surface area contributed by atoms with Crippen molar-refractivity contribution in [3.05, 3.63) is 59.0 Å². The smallest absolute Gasteiger partial charge is 0.262 e. The van der Waals surface area contributed by atoms with Gasteiger partial charge in [0.05, 0.1) is 22.5 Å². The van der Waals surface area contributed by atoms with Crippen molar-refractivity contribution in [2.45, 2.75) is 12.8 Å². The fourth-order valence-electron chi connectivity index (χ4n) is 3.73. The summed E-state index contributed by atoms with van der Waals surface area (Å²) in [6.07, 6.45) is 0.491. The molecule has 5 rings (SSSR count). The minimum atomic E-state index is -0.327. The lowest BCUT2D eigenvalue weighted by Crippen LogP contribution is -2.31. The largest absolute Gasteiger partial charge is 0.482 e. The number of amides is 4. The molecule has 2 N–H and O–H groups in total. The first-order valence-corrected chi connectivity index (χ1v) is 11.2. The van der Waals surface area contributed by atoms with Crippen LogP contribution in [0.4, 0.5) is 10.8 Å². The van der Waals surface area contributed by atoms with Crippen molar-refractivity contribution in [2.24, 2.45) is 0 Å². The molecule has 1 aromatic heterocycles. The van der Waals surface area contributed by atoms with Crippen LogP contribution in [-0.4, -0.2) is 46.7 Å². The molecule has 0 spiro atoms. The zero-order valence-electron chi connectivity index (χ0n) is 17.3. The van der Waals surface area contributed by atoms with Gasteiger partial charge in [0.25, 0.3) is 17.7 Å². The SMILES string of the molecule is O=C(CCCN1C(=O)c2ccccc2C1=O)Nc1nc(-c2ccc3c(c2)NC(=O)CO3)cs1. The van der Waals surface area contributed by atoms with Crippen LogP contribution in [0.5, 0.6) is 5.75 Å². The monoisotopic (exact) mass is 462 g/mol. The molecule has 0 radical (unpaired) electrons. The maximum Gasteiger partial charge on any atom is 0.262 e. The molecule has 166 valence electrons. The summed E-state index contributed by atoms with van der Waals surface area (Å²) in [7, 11) is 0. The van der Waals surface area contributed by atoms with E-state index in [0.717, 1.165) is 5.56 Å². The second-order valence-electron chi connectivity index (χ2n) is 7.54. The van der Waals surface area contributed by atoms with Crippen molar-refractivity contribution < 1.29 is 23.9 Å². The van der Waals surface area contributed by atoms with Gasteiger partial charge in [-0.25, -0.2) is 4.98 Å². The van der Waals surface area contributed by atoms with Crippen molar-refractivity contribution in [2.75, 3.05) is 23.8 Å². The van der Waals surface area contributed by atoms with E-state index in [2.05, 4.69) is 15.6 Å². The molecule has 10 heteroatoms. The Bertz CT molecular complexity index is 1270. The van der Waals surface area contributed by atoms with Gasteiger partial charge in [-0.3, -0.25) is 24.1 Å². The van der Waals surface area contributed by atoms with Gasteiger partial charge in [-0.15, -0.1) is 11.3 Å². The van der Waals surface area contributed by atoms with Crippen molar-refractivity contribution in [3.8, 4) is 17.0 Å².